The molecule has 4 nitrogen and oxygen atoms in total. The zero-order valence-electron chi connectivity index (χ0n) is 12.6. The lowest BCUT2D eigenvalue weighted by Gasteiger charge is -2.18. The smallest absolute Gasteiger partial charge is 0.139 e. The van der Waals surface area contributed by atoms with Gasteiger partial charge in [0.1, 0.15) is 5.65 Å². The monoisotopic (exact) mass is 293 g/mol. The van der Waals surface area contributed by atoms with Crippen molar-refractivity contribution in [1.29, 1.82) is 0 Å². The van der Waals surface area contributed by atoms with Crippen molar-refractivity contribution in [3.63, 3.8) is 0 Å². The highest BCUT2D eigenvalue weighted by atomic mass is 16.5. The molecule has 0 spiro atoms. The summed E-state index contributed by atoms with van der Waals surface area (Å²) in [5.41, 5.74) is 4.36. The highest BCUT2D eigenvalue weighted by Gasteiger charge is 2.22. The van der Waals surface area contributed by atoms with Gasteiger partial charge in [0.2, 0.25) is 0 Å². The van der Waals surface area contributed by atoms with Crippen molar-refractivity contribution in [1.82, 2.24) is 9.38 Å². The van der Waals surface area contributed by atoms with Crippen LogP contribution in [0, 0.1) is 0 Å². The Hall–Kier alpha value is -2.33. The van der Waals surface area contributed by atoms with Crippen molar-refractivity contribution in [2.24, 2.45) is 0 Å². The molecule has 0 amide bonds. The van der Waals surface area contributed by atoms with Crippen LogP contribution in [0.5, 0.6) is 0 Å². The summed E-state index contributed by atoms with van der Waals surface area (Å²) in [5.74, 6) is 0. The van der Waals surface area contributed by atoms with Crippen LogP contribution in [0.4, 0.5) is 5.69 Å². The molecule has 4 heteroatoms. The number of ether oxygens (including phenoxy) is 1. The molecule has 0 aliphatic carbocycles. The Morgan fingerprint density at radius 2 is 2.05 bits per heavy atom. The molecular weight excluding hydrogens is 274 g/mol. The van der Waals surface area contributed by atoms with Crippen LogP contribution in [0.25, 0.3) is 16.9 Å². The Labute approximate surface area is 130 Å². The van der Waals surface area contributed by atoms with Gasteiger partial charge in [0.25, 0.3) is 0 Å². The van der Waals surface area contributed by atoms with Gasteiger partial charge in [-0.1, -0.05) is 30.3 Å². The number of nitrogens with zero attached hydrogens (tertiary/aromatic N) is 3. The quantitative estimate of drug-likeness (QED) is 0.742. The first-order valence-corrected chi connectivity index (χ1v) is 7.65. The average molecular weight is 293 g/mol. The van der Waals surface area contributed by atoms with E-state index < -0.39 is 0 Å². The van der Waals surface area contributed by atoms with E-state index in [1.54, 1.807) is 7.11 Å². The van der Waals surface area contributed by atoms with E-state index in [9.17, 15) is 0 Å². The molecule has 3 aromatic rings. The van der Waals surface area contributed by atoms with Crippen LogP contribution in [0.2, 0.25) is 0 Å². The Balaban J connectivity index is 1.67. The summed E-state index contributed by atoms with van der Waals surface area (Å²) in [6, 6.07) is 14.6. The van der Waals surface area contributed by atoms with Crippen LogP contribution in [-0.2, 0) is 4.74 Å². The molecule has 0 saturated carbocycles. The van der Waals surface area contributed by atoms with Crippen LogP contribution in [0.15, 0.2) is 54.9 Å². The van der Waals surface area contributed by atoms with E-state index in [0.29, 0.717) is 6.10 Å². The van der Waals surface area contributed by atoms with Crippen LogP contribution in [0.1, 0.15) is 6.42 Å². The predicted molar refractivity (Wildman–Crippen MR) is 88.3 cm³/mol. The third-order valence-corrected chi connectivity index (χ3v) is 4.36. The molecule has 3 heterocycles. The number of benzene rings is 1. The number of pyridine rings is 1. The Bertz CT molecular complexity index is 781. The van der Waals surface area contributed by atoms with Crippen molar-refractivity contribution in [2.75, 3.05) is 25.1 Å². The summed E-state index contributed by atoms with van der Waals surface area (Å²) in [6.45, 7) is 2.00. The zero-order valence-corrected chi connectivity index (χ0v) is 12.6. The average Bonchev–Trinajstić information content (AvgIpc) is 3.21. The molecular formula is C18H19N3O. The maximum atomic E-state index is 5.45. The maximum absolute atomic E-state index is 5.45. The molecule has 112 valence electrons. The second kappa shape index (κ2) is 5.46. The van der Waals surface area contributed by atoms with Gasteiger partial charge in [-0.25, -0.2) is 4.98 Å². The first kappa shape index (κ1) is 13.3. The molecule has 22 heavy (non-hydrogen) atoms. The van der Waals surface area contributed by atoms with E-state index >= 15 is 0 Å². The van der Waals surface area contributed by atoms with Gasteiger partial charge in [0, 0.05) is 49.9 Å². The van der Waals surface area contributed by atoms with Crippen molar-refractivity contribution >= 4 is 11.3 Å². The van der Waals surface area contributed by atoms with Crippen molar-refractivity contribution in [3.05, 3.63) is 54.9 Å². The SMILES string of the molecule is CO[C@@H]1CCN(c2ccn3cc(-c4ccccc4)nc3c2)C1. The second-order valence-electron chi connectivity index (χ2n) is 5.73. The van der Waals surface area contributed by atoms with Gasteiger partial charge in [-0.15, -0.1) is 0 Å². The highest BCUT2D eigenvalue weighted by molar-refractivity contribution is 5.65. The molecule has 0 N–H and O–H groups in total. The molecule has 1 fully saturated rings. The zero-order chi connectivity index (χ0) is 14.9. The fourth-order valence-electron chi connectivity index (χ4n) is 3.07. The Kier molecular flexibility index (Phi) is 3.31. The molecule has 1 aromatic carbocycles. The molecule has 4 rings (SSSR count). The van der Waals surface area contributed by atoms with Crippen LogP contribution in [0.3, 0.4) is 0 Å². The Morgan fingerprint density at radius 1 is 1.18 bits per heavy atom. The molecule has 0 radical (unpaired) electrons. The number of methoxy groups -OCH3 is 1. The van der Waals surface area contributed by atoms with Crippen LogP contribution in [-0.4, -0.2) is 35.7 Å². The van der Waals surface area contributed by atoms with Crippen LogP contribution >= 0.6 is 0 Å². The minimum absolute atomic E-state index is 0.343. The van der Waals surface area contributed by atoms with E-state index in [4.69, 9.17) is 9.72 Å². The van der Waals surface area contributed by atoms with E-state index in [-0.39, 0.29) is 0 Å². The molecule has 2 aromatic heterocycles. The van der Waals surface area contributed by atoms with E-state index in [2.05, 4.69) is 46.0 Å². The lowest BCUT2D eigenvalue weighted by molar-refractivity contribution is 0.121. The summed E-state index contributed by atoms with van der Waals surface area (Å²) in [4.78, 5) is 7.13. The first-order valence-electron chi connectivity index (χ1n) is 7.65. The lowest BCUT2D eigenvalue weighted by Crippen LogP contribution is -2.22. The van der Waals surface area contributed by atoms with Crippen molar-refractivity contribution < 1.29 is 4.74 Å². The number of imidazole rings is 1. The van der Waals surface area contributed by atoms with Gasteiger partial charge < -0.3 is 14.0 Å². The number of fused-ring (bicyclic) bond motifs is 1. The standard InChI is InChI=1S/C18H19N3O/c1-22-16-8-10-20(12-16)15-7-9-21-13-17(19-18(21)11-15)14-5-3-2-4-6-14/h2-7,9,11,13,16H,8,10,12H2,1H3/t16-/m1/s1. The molecule has 1 aliphatic heterocycles. The number of rotatable bonds is 3. The van der Waals surface area contributed by atoms with E-state index in [1.807, 2.05) is 18.2 Å². The topological polar surface area (TPSA) is 29.8 Å². The molecule has 1 saturated heterocycles. The normalized spacial score (nSPS) is 18.2. The fraction of sp³-hybridized carbons (Fsp3) is 0.278. The number of hydrogen-bond donors (Lipinski definition) is 0. The molecule has 0 unspecified atom stereocenters. The number of hydrogen-bond acceptors (Lipinski definition) is 3. The van der Waals surface area contributed by atoms with Gasteiger partial charge >= 0.3 is 0 Å². The molecule has 0 bridgehead atoms. The minimum Gasteiger partial charge on any atom is -0.380 e. The van der Waals surface area contributed by atoms with Crippen molar-refractivity contribution in [3.8, 4) is 11.3 Å². The second-order valence-corrected chi connectivity index (χ2v) is 5.73. The minimum atomic E-state index is 0.343. The number of anilines is 1. The maximum Gasteiger partial charge on any atom is 0.139 e. The van der Waals surface area contributed by atoms with Gasteiger partial charge in [-0.2, -0.15) is 0 Å². The molecule has 1 aliphatic rings. The largest absolute Gasteiger partial charge is 0.380 e. The number of aromatic nitrogens is 2. The van der Waals surface area contributed by atoms with Gasteiger partial charge in [0.15, 0.2) is 0 Å². The summed E-state index contributed by atoms with van der Waals surface area (Å²) in [6.07, 6.45) is 5.60. The first-order chi connectivity index (χ1) is 10.8. The lowest BCUT2D eigenvalue weighted by atomic mass is 10.2. The summed E-state index contributed by atoms with van der Waals surface area (Å²) >= 11 is 0. The predicted octanol–water partition coefficient (Wildman–Crippen LogP) is 3.23. The summed E-state index contributed by atoms with van der Waals surface area (Å²) < 4.78 is 7.53. The summed E-state index contributed by atoms with van der Waals surface area (Å²) in [7, 11) is 1.79. The van der Waals surface area contributed by atoms with E-state index in [0.717, 1.165) is 36.4 Å². The third kappa shape index (κ3) is 2.35. The van der Waals surface area contributed by atoms with Crippen LogP contribution < -0.4 is 4.90 Å². The fourth-order valence-corrected chi connectivity index (χ4v) is 3.07. The Morgan fingerprint density at radius 3 is 2.82 bits per heavy atom. The summed E-state index contributed by atoms with van der Waals surface area (Å²) in [5, 5.41) is 0. The van der Waals surface area contributed by atoms with Gasteiger partial charge in [0.05, 0.1) is 11.8 Å². The highest BCUT2D eigenvalue weighted by Crippen LogP contribution is 2.25. The van der Waals surface area contributed by atoms with Crippen molar-refractivity contribution in [2.45, 2.75) is 12.5 Å². The molecule has 1 atom stereocenters. The third-order valence-electron chi connectivity index (χ3n) is 4.36. The van der Waals surface area contributed by atoms with E-state index in [1.165, 1.54) is 5.69 Å². The van der Waals surface area contributed by atoms with Gasteiger partial charge in [-0.05, 0) is 12.5 Å². The van der Waals surface area contributed by atoms with Gasteiger partial charge in [-0.3, -0.25) is 0 Å².